The molecular formula is C51H33N5. The zero-order chi connectivity index (χ0) is 37.0. The molecule has 0 bridgehead atoms. The molecule has 0 saturated carbocycles. The minimum Gasteiger partial charge on any atom is -0.309 e. The third-order valence-corrected chi connectivity index (χ3v) is 10.8. The molecule has 3 heterocycles. The summed E-state index contributed by atoms with van der Waals surface area (Å²) in [7, 11) is 0. The van der Waals surface area contributed by atoms with Crippen LogP contribution >= 0.6 is 0 Å². The van der Waals surface area contributed by atoms with Crippen LogP contribution in [0.3, 0.4) is 0 Å². The zero-order valence-electron chi connectivity index (χ0n) is 30.3. The second-order valence-electron chi connectivity index (χ2n) is 14.1. The van der Waals surface area contributed by atoms with Crippen molar-refractivity contribution in [2.75, 3.05) is 0 Å². The van der Waals surface area contributed by atoms with E-state index in [4.69, 9.17) is 15.0 Å². The van der Waals surface area contributed by atoms with Crippen molar-refractivity contribution in [3.05, 3.63) is 200 Å². The van der Waals surface area contributed by atoms with Crippen LogP contribution in [-0.2, 0) is 0 Å². The number of rotatable bonds is 6. The van der Waals surface area contributed by atoms with Gasteiger partial charge in [-0.3, -0.25) is 4.57 Å². The molecule has 0 atom stereocenters. The molecule has 11 aromatic rings. The molecule has 0 aliphatic carbocycles. The smallest absolute Gasteiger partial charge is 0.238 e. The van der Waals surface area contributed by atoms with Gasteiger partial charge in [0, 0.05) is 38.4 Å². The van der Waals surface area contributed by atoms with E-state index >= 15 is 0 Å². The lowest BCUT2D eigenvalue weighted by atomic mass is 9.98. The molecule has 0 aliphatic rings. The van der Waals surface area contributed by atoms with Crippen LogP contribution in [-0.4, -0.2) is 24.1 Å². The number of para-hydroxylation sites is 3. The van der Waals surface area contributed by atoms with E-state index < -0.39 is 0 Å². The monoisotopic (exact) mass is 715 g/mol. The molecule has 5 nitrogen and oxygen atoms in total. The van der Waals surface area contributed by atoms with Crippen molar-refractivity contribution in [3.8, 4) is 56.7 Å². The Hall–Kier alpha value is -7.63. The minimum absolute atomic E-state index is 0.571. The first-order valence-electron chi connectivity index (χ1n) is 18.9. The molecule has 11 rings (SSSR count). The van der Waals surface area contributed by atoms with Gasteiger partial charge in [0.25, 0.3) is 0 Å². The molecule has 0 amide bonds. The summed E-state index contributed by atoms with van der Waals surface area (Å²) in [5.41, 5.74) is 12.0. The topological polar surface area (TPSA) is 48.5 Å². The molecule has 3 aromatic heterocycles. The van der Waals surface area contributed by atoms with Gasteiger partial charge in [0.05, 0.1) is 22.1 Å². The maximum Gasteiger partial charge on any atom is 0.238 e. The maximum absolute atomic E-state index is 5.27. The molecule has 0 N–H and O–H groups in total. The van der Waals surface area contributed by atoms with Crippen molar-refractivity contribution in [2.45, 2.75) is 0 Å². The van der Waals surface area contributed by atoms with Crippen molar-refractivity contribution in [2.24, 2.45) is 0 Å². The lowest BCUT2D eigenvalue weighted by Crippen LogP contribution is -2.06. The second kappa shape index (κ2) is 13.0. The number of benzene rings is 8. The molecule has 8 aromatic carbocycles. The Labute approximate surface area is 323 Å². The standard InChI is InChI=1S/C51H33N5/c1-4-15-34(16-5-1)38-19-14-20-39(33-38)35-27-29-37(30-28-35)50-52-49(36-17-6-2-7-18-36)53-51(54-50)56-45-26-13-11-24-43(45)47-46(56)32-31-42-41-23-10-12-25-44(41)55(48(42)47)40-21-8-3-9-22-40/h1-33H. The Morgan fingerprint density at radius 2 is 0.804 bits per heavy atom. The highest BCUT2D eigenvalue weighted by Crippen LogP contribution is 2.42. The first-order chi connectivity index (χ1) is 27.8. The molecule has 56 heavy (non-hydrogen) atoms. The average molecular weight is 716 g/mol. The van der Waals surface area contributed by atoms with E-state index in [-0.39, 0.29) is 0 Å². The van der Waals surface area contributed by atoms with E-state index in [9.17, 15) is 0 Å². The van der Waals surface area contributed by atoms with E-state index in [0.717, 1.165) is 55.3 Å². The van der Waals surface area contributed by atoms with Gasteiger partial charge >= 0.3 is 0 Å². The quantitative estimate of drug-likeness (QED) is 0.172. The molecule has 0 spiro atoms. The second-order valence-corrected chi connectivity index (χ2v) is 14.1. The lowest BCUT2D eigenvalue weighted by Gasteiger charge is -2.12. The summed E-state index contributed by atoms with van der Waals surface area (Å²) in [6.45, 7) is 0. The average Bonchev–Trinajstić information content (AvgIpc) is 3.80. The maximum atomic E-state index is 5.27. The molecule has 0 saturated heterocycles. The highest BCUT2D eigenvalue weighted by atomic mass is 15.2. The highest BCUT2D eigenvalue weighted by Gasteiger charge is 2.22. The normalized spacial score (nSPS) is 11.6. The van der Waals surface area contributed by atoms with Crippen molar-refractivity contribution in [1.82, 2.24) is 24.1 Å². The molecular weight excluding hydrogens is 683 g/mol. The summed E-state index contributed by atoms with van der Waals surface area (Å²) < 4.78 is 4.60. The van der Waals surface area contributed by atoms with Gasteiger partial charge in [-0.2, -0.15) is 9.97 Å². The zero-order valence-corrected chi connectivity index (χ0v) is 30.3. The van der Waals surface area contributed by atoms with Gasteiger partial charge in [0.1, 0.15) is 0 Å². The summed E-state index contributed by atoms with van der Waals surface area (Å²) >= 11 is 0. The molecule has 5 heteroatoms. The minimum atomic E-state index is 0.571. The Bertz CT molecular complexity index is 3220. The van der Waals surface area contributed by atoms with Gasteiger partial charge < -0.3 is 4.57 Å². The van der Waals surface area contributed by atoms with Crippen LogP contribution in [0.4, 0.5) is 0 Å². The number of nitrogens with zero attached hydrogens (tertiary/aromatic N) is 5. The summed E-state index contributed by atoms with van der Waals surface area (Å²) in [5.74, 6) is 1.81. The predicted octanol–water partition coefficient (Wildman–Crippen LogP) is 12.7. The van der Waals surface area contributed by atoms with Crippen LogP contribution in [0, 0.1) is 0 Å². The Kier molecular flexibility index (Phi) is 7.42. The SMILES string of the molecule is c1ccc(-c2cccc(-c3ccc(-c4nc(-c5ccccc5)nc(-n5c6ccccc6c6c5ccc5c7ccccc7n(-c7ccccc7)c56)n4)cc3)c2)cc1. The summed E-state index contributed by atoms with van der Waals surface area (Å²) in [4.78, 5) is 15.6. The third kappa shape index (κ3) is 5.21. The van der Waals surface area contributed by atoms with Gasteiger partial charge in [0.2, 0.25) is 5.95 Å². The van der Waals surface area contributed by atoms with E-state index in [1.165, 1.54) is 27.4 Å². The Morgan fingerprint density at radius 1 is 0.304 bits per heavy atom. The van der Waals surface area contributed by atoms with Gasteiger partial charge in [0.15, 0.2) is 11.6 Å². The third-order valence-electron chi connectivity index (χ3n) is 10.8. The van der Waals surface area contributed by atoms with Gasteiger partial charge in [-0.1, -0.05) is 164 Å². The van der Waals surface area contributed by atoms with E-state index in [2.05, 4.69) is 185 Å². The molecule has 0 aliphatic heterocycles. The first kappa shape index (κ1) is 31.9. The number of fused-ring (bicyclic) bond motifs is 7. The van der Waals surface area contributed by atoms with E-state index in [0.29, 0.717) is 17.6 Å². The van der Waals surface area contributed by atoms with E-state index in [1.807, 2.05) is 24.3 Å². The predicted molar refractivity (Wildman–Crippen MR) is 230 cm³/mol. The molecule has 0 fully saturated rings. The lowest BCUT2D eigenvalue weighted by molar-refractivity contribution is 0.953. The van der Waals surface area contributed by atoms with E-state index in [1.54, 1.807) is 0 Å². The van der Waals surface area contributed by atoms with Crippen LogP contribution < -0.4 is 0 Å². The fourth-order valence-corrected chi connectivity index (χ4v) is 8.20. The van der Waals surface area contributed by atoms with Crippen molar-refractivity contribution in [1.29, 1.82) is 0 Å². The van der Waals surface area contributed by atoms with Crippen molar-refractivity contribution in [3.63, 3.8) is 0 Å². The van der Waals surface area contributed by atoms with Gasteiger partial charge in [-0.05, 0) is 58.7 Å². The number of hydrogen-bond donors (Lipinski definition) is 0. The largest absolute Gasteiger partial charge is 0.309 e. The molecule has 0 unspecified atom stereocenters. The fourth-order valence-electron chi connectivity index (χ4n) is 8.20. The van der Waals surface area contributed by atoms with Crippen LogP contribution in [0.2, 0.25) is 0 Å². The fraction of sp³-hybridized carbons (Fsp3) is 0. The van der Waals surface area contributed by atoms with Crippen LogP contribution in [0.25, 0.3) is 100 Å². The molecule has 262 valence electrons. The summed E-state index contributed by atoms with van der Waals surface area (Å²) in [5, 5.41) is 4.71. The van der Waals surface area contributed by atoms with Gasteiger partial charge in [-0.15, -0.1) is 0 Å². The molecule has 0 radical (unpaired) electrons. The van der Waals surface area contributed by atoms with Crippen LogP contribution in [0.5, 0.6) is 0 Å². The Balaban J connectivity index is 1.12. The Morgan fingerprint density at radius 3 is 1.48 bits per heavy atom. The summed E-state index contributed by atoms with van der Waals surface area (Å²) in [6, 6.07) is 70.3. The van der Waals surface area contributed by atoms with Crippen LogP contribution in [0.1, 0.15) is 0 Å². The number of aromatic nitrogens is 5. The van der Waals surface area contributed by atoms with Crippen molar-refractivity contribution < 1.29 is 0 Å². The number of hydrogen-bond acceptors (Lipinski definition) is 3. The highest BCUT2D eigenvalue weighted by molar-refractivity contribution is 6.26. The van der Waals surface area contributed by atoms with Crippen molar-refractivity contribution >= 4 is 43.6 Å². The first-order valence-corrected chi connectivity index (χ1v) is 18.9. The summed E-state index contributed by atoms with van der Waals surface area (Å²) in [6.07, 6.45) is 0. The van der Waals surface area contributed by atoms with Gasteiger partial charge in [-0.25, -0.2) is 4.98 Å². The van der Waals surface area contributed by atoms with Crippen LogP contribution in [0.15, 0.2) is 200 Å².